The highest BCUT2D eigenvalue weighted by molar-refractivity contribution is 5.17. The van der Waals surface area contributed by atoms with Crippen LogP contribution in [0.1, 0.15) is 32.3 Å². The highest BCUT2D eigenvalue weighted by atomic mass is 15.3. The van der Waals surface area contributed by atoms with Gasteiger partial charge in [-0.1, -0.05) is 30.3 Å². The van der Waals surface area contributed by atoms with E-state index in [0.29, 0.717) is 17.6 Å². The average molecular weight is 244 g/mol. The van der Waals surface area contributed by atoms with Crippen LogP contribution in [0.25, 0.3) is 0 Å². The van der Waals surface area contributed by atoms with E-state index in [1.807, 2.05) is 0 Å². The quantitative estimate of drug-likeness (QED) is 0.878. The average Bonchev–Trinajstić information content (AvgIpc) is 3.12. The van der Waals surface area contributed by atoms with E-state index in [-0.39, 0.29) is 0 Å². The van der Waals surface area contributed by atoms with Gasteiger partial charge in [0, 0.05) is 30.7 Å². The summed E-state index contributed by atoms with van der Waals surface area (Å²) in [6.07, 6.45) is 3.92. The predicted octanol–water partition coefficient (Wildman–Crippen LogP) is 2.44. The normalized spacial score (nSPS) is 31.2. The predicted molar refractivity (Wildman–Crippen MR) is 75.7 cm³/mol. The lowest BCUT2D eigenvalue weighted by atomic mass is 10.00. The van der Waals surface area contributed by atoms with Gasteiger partial charge in [0.25, 0.3) is 0 Å². The standard InChI is InChI=1S/C16H24N2/c1-13-11-17-15(10-14-6-4-3-5-7-14)12-18(13)16(2)8-9-16/h3-7,13,15,17H,8-12H2,1-2H3. The smallest absolute Gasteiger partial charge is 0.0236 e. The number of rotatable bonds is 3. The number of nitrogens with zero attached hydrogens (tertiary/aromatic N) is 1. The molecule has 0 amide bonds. The molecule has 1 saturated heterocycles. The first kappa shape index (κ1) is 12.2. The molecule has 0 bridgehead atoms. The Morgan fingerprint density at radius 1 is 1.28 bits per heavy atom. The van der Waals surface area contributed by atoms with Gasteiger partial charge in [-0.05, 0) is 38.7 Å². The zero-order valence-electron chi connectivity index (χ0n) is 11.5. The van der Waals surface area contributed by atoms with E-state index in [9.17, 15) is 0 Å². The fraction of sp³-hybridized carbons (Fsp3) is 0.625. The van der Waals surface area contributed by atoms with E-state index >= 15 is 0 Å². The van der Waals surface area contributed by atoms with Crippen molar-refractivity contribution in [1.29, 1.82) is 0 Å². The molecule has 2 nitrogen and oxygen atoms in total. The molecule has 1 saturated carbocycles. The van der Waals surface area contributed by atoms with Crippen LogP contribution in [-0.2, 0) is 6.42 Å². The Morgan fingerprint density at radius 2 is 2.00 bits per heavy atom. The van der Waals surface area contributed by atoms with E-state index in [1.54, 1.807) is 0 Å². The van der Waals surface area contributed by atoms with Crippen LogP contribution in [0.2, 0.25) is 0 Å². The lowest BCUT2D eigenvalue weighted by Gasteiger charge is -2.43. The molecule has 1 aliphatic carbocycles. The molecule has 1 aliphatic heterocycles. The van der Waals surface area contributed by atoms with Gasteiger partial charge in [-0.2, -0.15) is 0 Å². The minimum absolute atomic E-state index is 0.510. The van der Waals surface area contributed by atoms with Crippen LogP contribution in [0.4, 0.5) is 0 Å². The molecule has 0 radical (unpaired) electrons. The Morgan fingerprint density at radius 3 is 2.67 bits per heavy atom. The molecule has 98 valence electrons. The summed E-state index contributed by atoms with van der Waals surface area (Å²) in [5.41, 5.74) is 1.96. The van der Waals surface area contributed by atoms with Crippen molar-refractivity contribution in [3.8, 4) is 0 Å². The van der Waals surface area contributed by atoms with Gasteiger partial charge < -0.3 is 5.32 Å². The summed E-state index contributed by atoms with van der Waals surface area (Å²) in [6, 6.07) is 12.1. The van der Waals surface area contributed by atoms with Crippen LogP contribution in [0.3, 0.4) is 0 Å². The van der Waals surface area contributed by atoms with Crippen molar-refractivity contribution in [2.75, 3.05) is 13.1 Å². The third-order valence-corrected chi connectivity index (χ3v) is 4.64. The molecular formula is C16H24N2. The maximum Gasteiger partial charge on any atom is 0.0236 e. The SMILES string of the molecule is CC1CNC(Cc2ccccc2)CN1C1(C)CC1. The molecule has 2 fully saturated rings. The first-order valence-electron chi connectivity index (χ1n) is 7.21. The molecule has 2 aliphatic rings. The Kier molecular flexibility index (Phi) is 3.16. The number of piperazine rings is 1. The van der Waals surface area contributed by atoms with Gasteiger partial charge in [-0.3, -0.25) is 4.90 Å². The monoisotopic (exact) mass is 244 g/mol. The summed E-state index contributed by atoms with van der Waals surface area (Å²) in [7, 11) is 0. The maximum atomic E-state index is 3.71. The Bertz CT molecular complexity index is 397. The van der Waals surface area contributed by atoms with Crippen LogP contribution in [0.5, 0.6) is 0 Å². The molecule has 2 unspecified atom stereocenters. The van der Waals surface area contributed by atoms with Crippen LogP contribution in [-0.4, -0.2) is 35.6 Å². The highest BCUT2D eigenvalue weighted by Crippen LogP contribution is 2.42. The molecule has 3 rings (SSSR count). The maximum absolute atomic E-state index is 3.71. The number of benzene rings is 1. The number of hydrogen-bond donors (Lipinski definition) is 1. The van der Waals surface area contributed by atoms with Crippen LogP contribution in [0, 0.1) is 0 Å². The molecular weight excluding hydrogens is 220 g/mol. The van der Waals surface area contributed by atoms with Gasteiger partial charge in [0.1, 0.15) is 0 Å². The number of hydrogen-bond acceptors (Lipinski definition) is 2. The first-order chi connectivity index (χ1) is 8.67. The van der Waals surface area contributed by atoms with Crippen LogP contribution < -0.4 is 5.32 Å². The minimum Gasteiger partial charge on any atom is -0.311 e. The lowest BCUT2D eigenvalue weighted by Crippen LogP contribution is -2.59. The van der Waals surface area contributed by atoms with E-state index < -0.39 is 0 Å². The van der Waals surface area contributed by atoms with E-state index in [4.69, 9.17) is 0 Å². The largest absolute Gasteiger partial charge is 0.311 e. The second-order valence-corrected chi connectivity index (χ2v) is 6.29. The molecule has 2 heteroatoms. The zero-order valence-corrected chi connectivity index (χ0v) is 11.5. The van der Waals surface area contributed by atoms with Gasteiger partial charge in [-0.15, -0.1) is 0 Å². The Labute approximate surface area is 110 Å². The molecule has 18 heavy (non-hydrogen) atoms. The van der Waals surface area contributed by atoms with Gasteiger partial charge in [0.2, 0.25) is 0 Å². The van der Waals surface area contributed by atoms with E-state index in [0.717, 1.165) is 13.0 Å². The summed E-state index contributed by atoms with van der Waals surface area (Å²) in [4.78, 5) is 2.73. The molecule has 1 aromatic carbocycles. The second kappa shape index (κ2) is 4.67. The van der Waals surface area contributed by atoms with Crippen molar-refractivity contribution < 1.29 is 0 Å². The third-order valence-electron chi connectivity index (χ3n) is 4.64. The summed E-state index contributed by atoms with van der Waals surface area (Å²) in [5.74, 6) is 0. The van der Waals surface area contributed by atoms with Gasteiger partial charge in [0.05, 0.1) is 0 Å². The summed E-state index contributed by atoms with van der Waals surface area (Å²) in [5, 5.41) is 3.71. The van der Waals surface area contributed by atoms with E-state index in [2.05, 4.69) is 54.4 Å². The fourth-order valence-corrected chi connectivity index (χ4v) is 3.19. The topological polar surface area (TPSA) is 15.3 Å². The molecule has 1 aromatic rings. The summed E-state index contributed by atoms with van der Waals surface area (Å²) >= 11 is 0. The summed E-state index contributed by atoms with van der Waals surface area (Å²) < 4.78 is 0. The lowest BCUT2D eigenvalue weighted by molar-refractivity contribution is 0.0857. The van der Waals surface area contributed by atoms with Crippen molar-refractivity contribution in [2.24, 2.45) is 0 Å². The number of nitrogens with one attached hydrogen (secondary N) is 1. The third kappa shape index (κ3) is 2.45. The van der Waals surface area contributed by atoms with Crippen LogP contribution >= 0.6 is 0 Å². The van der Waals surface area contributed by atoms with Crippen molar-refractivity contribution in [3.05, 3.63) is 35.9 Å². The van der Waals surface area contributed by atoms with Crippen molar-refractivity contribution in [3.63, 3.8) is 0 Å². The highest BCUT2D eigenvalue weighted by Gasteiger charge is 2.46. The molecule has 1 heterocycles. The molecule has 2 atom stereocenters. The molecule has 0 aromatic heterocycles. The van der Waals surface area contributed by atoms with Crippen molar-refractivity contribution >= 4 is 0 Å². The second-order valence-electron chi connectivity index (χ2n) is 6.29. The van der Waals surface area contributed by atoms with Crippen molar-refractivity contribution in [2.45, 2.75) is 50.7 Å². The van der Waals surface area contributed by atoms with Gasteiger partial charge in [-0.25, -0.2) is 0 Å². The van der Waals surface area contributed by atoms with Crippen LogP contribution in [0.15, 0.2) is 30.3 Å². The Balaban J connectivity index is 1.64. The fourth-order valence-electron chi connectivity index (χ4n) is 3.19. The van der Waals surface area contributed by atoms with Gasteiger partial charge >= 0.3 is 0 Å². The van der Waals surface area contributed by atoms with E-state index in [1.165, 1.54) is 24.9 Å². The molecule has 0 spiro atoms. The molecule has 1 N–H and O–H groups in total. The van der Waals surface area contributed by atoms with Crippen molar-refractivity contribution in [1.82, 2.24) is 10.2 Å². The minimum atomic E-state index is 0.510. The Hall–Kier alpha value is -0.860. The summed E-state index contributed by atoms with van der Waals surface area (Å²) in [6.45, 7) is 7.11. The zero-order chi connectivity index (χ0) is 12.6. The van der Waals surface area contributed by atoms with Gasteiger partial charge in [0.15, 0.2) is 0 Å². The first-order valence-corrected chi connectivity index (χ1v) is 7.21.